The van der Waals surface area contributed by atoms with E-state index in [1.165, 1.54) is 0 Å². The Morgan fingerprint density at radius 2 is 2.53 bits per heavy atom. The molecule has 1 aliphatic rings. The van der Waals surface area contributed by atoms with Crippen LogP contribution in [-0.4, -0.2) is 47.2 Å². The van der Waals surface area contributed by atoms with E-state index in [1.54, 1.807) is 13.3 Å². The third kappa shape index (κ3) is 3.65. The van der Waals surface area contributed by atoms with E-state index in [4.69, 9.17) is 15.7 Å². The first-order valence-electron chi connectivity index (χ1n) is 6.41. The summed E-state index contributed by atoms with van der Waals surface area (Å²) >= 11 is 0. The Hall–Kier alpha value is -1.66. The molecule has 0 aliphatic carbocycles. The number of amidine groups is 1. The zero-order valence-corrected chi connectivity index (χ0v) is 11.1. The smallest absolute Gasteiger partial charge is 0.188 e. The SMILES string of the molecule is COC1CCCN(Cc2ccnc(/C(N)=N/O)c2)C1. The van der Waals surface area contributed by atoms with Gasteiger partial charge in [-0.25, -0.2) is 0 Å². The van der Waals surface area contributed by atoms with Crippen molar-refractivity contribution in [3.05, 3.63) is 29.6 Å². The summed E-state index contributed by atoms with van der Waals surface area (Å²) in [5.41, 5.74) is 7.15. The normalized spacial score (nSPS) is 21.5. The van der Waals surface area contributed by atoms with Gasteiger partial charge in [-0.3, -0.25) is 9.88 Å². The first-order chi connectivity index (χ1) is 9.22. The molecule has 19 heavy (non-hydrogen) atoms. The first-order valence-corrected chi connectivity index (χ1v) is 6.41. The minimum absolute atomic E-state index is 0.0373. The molecule has 1 saturated heterocycles. The molecule has 0 saturated carbocycles. The molecular weight excluding hydrogens is 244 g/mol. The van der Waals surface area contributed by atoms with Crippen LogP contribution in [0.4, 0.5) is 0 Å². The number of aromatic nitrogens is 1. The molecule has 2 rings (SSSR count). The summed E-state index contributed by atoms with van der Waals surface area (Å²) in [6.45, 7) is 2.84. The molecule has 1 aromatic rings. The molecule has 0 spiro atoms. The molecule has 6 heteroatoms. The standard InChI is InChI=1S/C13H20N4O2/c1-19-11-3-2-6-17(9-11)8-10-4-5-15-12(7-10)13(14)16-18/h4-5,7,11,18H,2-3,6,8-9H2,1H3,(H2,14,16). The van der Waals surface area contributed by atoms with E-state index in [2.05, 4.69) is 15.0 Å². The lowest BCUT2D eigenvalue weighted by molar-refractivity contribution is 0.0285. The minimum atomic E-state index is 0.0373. The number of likely N-dealkylation sites (tertiary alicyclic amines) is 1. The number of ether oxygens (including phenoxy) is 1. The lowest BCUT2D eigenvalue weighted by Crippen LogP contribution is -2.38. The molecule has 1 unspecified atom stereocenters. The van der Waals surface area contributed by atoms with Crippen molar-refractivity contribution < 1.29 is 9.94 Å². The number of piperidine rings is 1. The fourth-order valence-electron chi connectivity index (χ4n) is 2.37. The number of nitrogens with two attached hydrogens (primary N) is 1. The predicted molar refractivity (Wildman–Crippen MR) is 72.1 cm³/mol. The van der Waals surface area contributed by atoms with Gasteiger partial charge < -0.3 is 15.7 Å². The summed E-state index contributed by atoms with van der Waals surface area (Å²) in [7, 11) is 1.76. The van der Waals surface area contributed by atoms with E-state index < -0.39 is 0 Å². The zero-order valence-electron chi connectivity index (χ0n) is 11.1. The van der Waals surface area contributed by atoms with Gasteiger partial charge in [0, 0.05) is 26.4 Å². The highest BCUT2D eigenvalue weighted by molar-refractivity contribution is 5.95. The molecule has 0 amide bonds. The van der Waals surface area contributed by atoms with Crippen molar-refractivity contribution >= 4 is 5.84 Å². The predicted octanol–water partition coefficient (Wildman–Crippen LogP) is 0.787. The number of hydrogen-bond acceptors (Lipinski definition) is 5. The number of pyridine rings is 1. The molecule has 104 valence electrons. The van der Waals surface area contributed by atoms with Crippen LogP contribution in [-0.2, 0) is 11.3 Å². The van der Waals surface area contributed by atoms with Gasteiger partial charge in [-0.1, -0.05) is 5.16 Å². The monoisotopic (exact) mass is 264 g/mol. The maximum absolute atomic E-state index is 8.66. The van der Waals surface area contributed by atoms with Crippen molar-refractivity contribution in [2.75, 3.05) is 20.2 Å². The van der Waals surface area contributed by atoms with Gasteiger partial charge in [0.25, 0.3) is 0 Å². The lowest BCUT2D eigenvalue weighted by Gasteiger charge is -2.31. The number of methoxy groups -OCH3 is 1. The lowest BCUT2D eigenvalue weighted by atomic mass is 10.1. The summed E-state index contributed by atoms with van der Waals surface area (Å²) in [4.78, 5) is 6.43. The topological polar surface area (TPSA) is 84.0 Å². The second-order valence-corrected chi connectivity index (χ2v) is 4.77. The second-order valence-electron chi connectivity index (χ2n) is 4.77. The quantitative estimate of drug-likeness (QED) is 0.363. The van der Waals surface area contributed by atoms with Crippen LogP contribution >= 0.6 is 0 Å². The van der Waals surface area contributed by atoms with Gasteiger partial charge in [0.1, 0.15) is 5.69 Å². The zero-order chi connectivity index (χ0) is 13.7. The summed E-state index contributed by atoms with van der Waals surface area (Å²) in [5.74, 6) is 0.0373. The van der Waals surface area contributed by atoms with E-state index in [0.29, 0.717) is 11.8 Å². The molecule has 1 aliphatic heterocycles. The summed E-state index contributed by atoms with van der Waals surface area (Å²) in [6.07, 6.45) is 4.27. The number of rotatable bonds is 4. The van der Waals surface area contributed by atoms with Gasteiger partial charge in [-0.2, -0.15) is 0 Å². The van der Waals surface area contributed by atoms with E-state index in [9.17, 15) is 0 Å². The van der Waals surface area contributed by atoms with Crippen LogP contribution in [0, 0.1) is 0 Å². The van der Waals surface area contributed by atoms with Crippen LogP contribution in [0.2, 0.25) is 0 Å². The van der Waals surface area contributed by atoms with E-state index in [0.717, 1.165) is 38.0 Å². The maximum Gasteiger partial charge on any atom is 0.188 e. The molecule has 1 fully saturated rings. The number of nitrogens with zero attached hydrogens (tertiary/aromatic N) is 3. The molecule has 3 N–H and O–H groups in total. The largest absolute Gasteiger partial charge is 0.409 e. The number of hydrogen-bond donors (Lipinski definition) is 2. The Bertz CT molecular complexity index is 450. The van der Waals surface area contributed by atoms with Crippen molar-refractivity contribution in [2.24, 2.45) is 10.9 Å². The fraction of sp³-hybridized carbons (Fsp3) is 0.538. The molecule has 2 heterocycles. The van der Waals surface area contributed by atoms with Crippen molar-refractivity contribution in [3.8, 4) is 0 Å². The Morgan fingerprint density at radius 3 is 3.26 bits per heavy atom. The number of oxime groups is 1. The van der Waals surface area contributed by atoms with Gasteiger partial charge in [0.15, 0.2) is 5.84 Å². The Balaban J connectivity index is 2.02. The second kappa shape index (κ2) is 6.49. The highest BCUT2D eigenvalue weighted by Crippen LogP contribution is 2.15. The van der Waals surface area contributed by atoms with Crippen LogP contribution in [0.1, 0.15) is 24.1 Å². The van der Waals surface area contributed by atoms with Crippen molar-refractivity contribution in [1.29, 1.82) is 0 Å². The highest BCUT2D eigenvalue weighted by atomic mass is 16.5. The van der Waals surface area contributed by atoms with Gasteiger partial charge in [0.05, 0.1) is 6.10 Å². The van der Waals surface area contributed by atoms with Crippen LogP contribution in [0.15, 0.2) is 23.5 Å². The Morgan fingerprint density at radius 1 is 1.68 bits per heavy atom. The van der Waals surface area contributed by atoms with Gasteiger partial charge in [0.2, 0.25) is 0 Å². The minimum Gasteiger partial charge on any atom is -0.409 e. The van der Waals surface area contributed by atoms with Gasteiger partial charge in [-0.05, 0) is 37.1 Å². The van der Waals surface area contributed by atoms with E-state index in [-0.39, 0.29) is 5.84 Å². The van der Waals surface area contributed by atoms with Crippen molar-refractivity contribution in [3.63, 3.8) is 0 Å². The molecule has 0 bridgehead atoms. The Kier molecular flexibility index (Phi) is 4.70. The van der Waals surface area contributed by atoms with Gasteiger partial charge >= 0.3 is 0 Å². The molecular formula is C13H20N4O2. The van der Waals surface area contributed by atoms with E-state index in [1.807, 2.05) is 12.1 Å². The van der Waals surface area contributed by atoms with Crippen LogP contribution in [0.5, 0.6) is 0 Å². The fourth-order valence-corrected chi connectivity index (χ4v) is 2.37. The third-order valence-electron chi connectivity index (χ3n) is 3.40. The van der Waals surface area contributed by atoms with Crippen LogP contribution in [0.3, 0.4) is 0 Å². The molecule has 6 nitrogen and oxygen atoms in total. The molecule has 0 aromatic carbocycles. The summed E-state index contributed by atoms with van der Waals surface area (Å²) in [6, 6.07) is 3.80. The highest BCUT2D eigenvalue weighted by Gasteiger charge is 2.19. The summed E-state index contributed by atoms with van der Waals surface area (Å²) in [5, 5.41) is 11.6. The average molecular weight is 264 g/mol. The van der Waals surface area contributed by atoms with Crippen molar-refractivity contribution in [1.82, 2.24) is 9.88 Å². The van der Waals surface area contributed by atoms with Gasteiger partial charge in [-0.15, -0.1) is 0 Å². The molecule has 1 atom stereocenters. The van der Waals surface area contributed by atoms with Crippen molar-refractivity contribution in [2.45, 2.75) is 25.5 Å². The van der Waals surface area contributed by atoms with E-state index >= 15 is 0 Å². The molecule has 0 radical (unpaired) electrons. The third-order valence-corrected chi connectivity index (χ3v) is 3.40. The Labute approximate surface area is 112 Å². The first kappa shape index (κ1) is 13.8. The maximum atomic E-state index is 8.66. The average Bonchev–Trinajstić information content (AvgIpc) is 2.47. The molecule has 1 aromatic heterocycles. The van der Waals surface area contributed by atoms with Crippen LogP contribution < -0.4 is 5.73 Å². The summed E-state index contributed by atoms with van der Waals surface area (Å²) < 4.78 is 5.41. The van der Waals surface area contributed by atoms with Crippen LogP contribution in [0.25, 0.3) is 0 Å².